The van der Waals surface area contributed by atoms with E-state index in [1.54, 1.807) is 7.11 Å². The first-order valence-corrected chi connectivity index (χ1v) is 5.04. The summed E-state index contributed by atoms with van der Waals surface area (Å²) in [6, 6.07) is 0. The summed E-state index contributed by atoms with van der Waals surface area (Å²) in [6.07, 6.45) is -0.0819. The zero-order valence-electron chi connectivity index (χ0n) is 9.62. The topological polar surface area (TPSA) is 36.9 Å². The van der Waals surface area contributed by atoms with Crippen molar-refractivity contribution in [3.05, 3.63) is 0 Å². The molecule has 0 saturated heterocycles. The van der Waals surface area contributed by atoms with Crippen LogP contribution in [0, 0.1) is 0 Å². The Bertz CT molecular complexity index is 117. The van der Waals surface area contributed by atoms with E-state index in [4.69, 9.17) is 18.9 Å². The minimum atomic E-state index is -0.280. The van der Waals surface area contributed by atoms with Gasteiger partial charge in [-0.2, -0.15) is 0 Å². The zero-order valence-corrected chi connectivity index (χ0v) is 9.62. The van der Waals surface area contributed by atoms with Crippen LogP contribution in [-0.2, 0) is 18.9 Å². The molecule has 4 nitrogen and oxygen atoms in total. The summed E-state index contributed by atoms with van der Waals surface area (Å²) < 4.78 is 21.0. The van der Waals surface area contributed by atoms with E-state index in [1.165, 1.54) is 0 Å². The van der Waals surface area contributed by atoms with Crippen molar-refractivity contribution < 1.29 is 18.9 Å². The van der Waals surface area contributed by atoms with Crippen molar-refractivity contribution in [2.45, 2.75) is 33.2 Å². The van der Waals surface area contributed by atoms with Crippen molar-refractivity contribution in [1.82, 2.24) is 0 Å². The molecule has 0 amide bonds. The highest BCUT2D eigenvalue weighted by Gasteiger charge is 2.09. The molecule has 0 fully saturated rings. The van der Waals surface area contributed by atoms with E-state index in [2.05, 4.69) is 0 Å². The molecule has 0 rings (SSSR count). The summed E-state index contributed by atoms with van der Waals surface area (Å²) >= 11 is 0. The number of methoxy groups -OCH3 is 1. The van der Waals surface area contributed by atoms with E-state index in [0.29, 0.717) is 26.4 Å². The molecule has 0 aromatic heterocycles. The molecular formula is C10H22O4. The van der Waals surface area contributed by atoms with Gasteiger partial charge < -0.3 is 18.9 Å². The summed E-state index contributed by atoms with van der Waals surface area (Å²) in [5.41, 5.74) is 0. The third kappa shape index (κ3) is 8.44. The highest BCUT2D eigenvalue weighted by Crippen LogP contribution is 1.99. The third-order valence-corrected chi connectivity index (χ3v) is 1.51. The highest BCUT2D eigenvalue weighted by atomic mass is 16.7. The van der Waals surface area contributed by atoms with E-state index >= 15 is 0 Å². The molecule has 86 valence electrons. The van der Waals surface area contributed by atoms with Gasteiger partial charge in [0, 0.05) is 13.7 Å². The molecule has 0 saturated carbocycles. The van der Waals surface area contributed by atoms with Gasteiger partial charge in [-0.1, -0.05) is 0 Å². The molecule has 0 N–H and O–H groups in total. The molecule has 1 unspecified atom stereocenters. The third-order valence-electron chi connectivity index (χ3n) is 1.51. The molecule has 1 atom stereocenters. The minimum Gasteiger partial charge on any atom is -0.382 e. The van der Waals surface area contributed by atoms with Gasteiger partial charge >= 0.3 is 0 Å². The quantitative estimate of drug-likeness (QED) is 0.422. The Hall–Kier alpha value is -0.160. The lowest BCUT2D eigenvalue weighted by Crippen LogP contribution is -2.26. The molecule has 0 aromatic carbocycles. The fourth-order valence-corrected chi connectivity index (χ4v) is 0.864. The standard InChI is InChI=1S/C10H22O4/c1-5-12-10(8-14-9(2)3)13-7-6-11-4/h9-10H,5-8H2,1-4H3. The van der Waals surface area contributed by atoms with Gasteiger partial charge in [0.05, 0.1) is 25.9 Å². The van der Waals surface area contributed by atoms with Crippen LogP contribution in [0.2, 0.25) is 0 Å². The maximum Gasteiger partial charge on any atom is 0.180 e. The van der Waals surface area contributed by atoms with E-state index in [0.717, 1.165) is 0 Å². The van der Waals surface area contributed by atoms with Crippen LogP contribution >= 0.6 is 0 Å². The van der Waals surface area contributed by atoms with Crippen LogP contribution in [0.1, 0.15) is 20.8 Å². The Morgan fingerprint density at radius 3 is 2.21 bits per heavy atom. The van der Waals surface area contributed by atoms with Crippen molar-refractivity contribution >= 4 is 0 Å². The van der Waals surface area contributed by atoms with Crippen molar-refractivity contribution in [1.29, 1.82) is 0 Å². The van der Waals surface area contributed by atoms with E-state index < -0.39 is 0 Å². The Morgan fingerprint density at radius 2 is 1.71 bits per heavy atom. The SMILES string of the molecule is CCOC(COC(C)C)OCCOC. The van der Waals surface area contributed by atoms with Gasteiger partial charge in [0.2, 0.25) is 0 Å². The molecule has 0 bridgehead atoms. The molecule has 14 heavy (non-hydrogen) atoms. The maximum absolute atomic E-state index is 5.40. The smallest absolute Gasteiger partial charge is 0.180 e. The Kier molecular flexibility index (Phi) is 9.29. The second-order valence-corrected chi connectivity index (χ2v) is 3.13. The van der Waals surface area contributed by atoms with E-state index in [9.17, 15) is 0 Å². The summed E-state index contributed by atoms with van der Waals surface area (Å²) in [7, 11) is 1.64. The van der Waals surface area contributed by atoms with E-state index in [-0.39, 0.29) is 12.4 Å². The van der Waals surface area contributed by atoms with Crippen LogP contribution < -0.4 is 0 Å². The van der Waals surface area contributed by atoms with Gasteiger partial charge in [0.15, 0.2) is 6.29 Å². The van der Waals surface area contributed by atoms with Crippen molar-refractivity contribution in [2.75, 3.05) is 33.5 Å². The van der Waals surface area contributed by atoms with Crippen LogP contribution in [0.25, 0.3) is 0 Å². The number of hydrogen-bond acceptors (Lipinski definition) is 4. The van der Waals surface area contributed by atoms with Crippen LogP contribution in [0.3, 0.4) is 0 Å². The van der Waals surface area contributed by atoms with Crippen LogP contribution in [0.4, 0.5) is 0 Å². The summed E-state index contributed by atoms with van der Waals surface area (Å²) in [5, 5.41) is 0. The monoisotopic (exact) mass is 206 g/mol. The minimum absolute atomic E-state index is 0.198. The fraction of sp³-hybridized carbons (Fsp3) is 1.00. The highest BCUT2D eigenvalue weighted by molar-refractivity contribution is 4.45. The summed E-state index contributed by atoms with van der Waals surface area (Å²) in [5.74, 6) is 0. The number of rotatable bonds is 9. The molecule has 0 aliphatic heterocycles. The maximum atomic E-state index is 5.40. The predicted octanol–water partition coefficient (Wildman–Crippen LogP) is 1.44. The molecule has 0 aliphatic carbocycles. The van der Waals surface area contributed by atoms with Crippen molar-refractivity contribution in [3.8, 4) is 0 Å². The van der Waals surface area contributed by atoms with Crippen molar-refractivity contribution in [3.63, 3.8) is 0 Å². The summed E-state index contributed by atoms with van der Waals surface area (Å²) in [4.78, 5) is 0. The normalized spacial score (nSPS) is 13.5. The molecule has 0 radical (unpaired) electrons. The summed E-state index contributed by atoms with van der Waals surface area (Å²) in [6.45, 7) is 8.10. The second-order valence-electron chi connectivity index (χ2n) is 3.13. The number of hydrogen-bond donors (Lipinski definition) is 0. The first kappa shape index (κ1) is 13.8. The van der Waals surface area contributed by atoms with Crippen molar-refractivity contribution in [2.24, 2.45) is 0 Å². The second kappa shape index (κ2) is 9.40. The molecule has 4 heteroatoms. The average molecular weight is 206 g/mol. The largest absolute Gasteiger partial charge is 0.382 e. The molecular weight excluding hydrogens is 184 g/mol. The molecule has 0 heterocycles. The van der Waals surface area contributed by atoms with Crippen LogP contribution in [-0.4, -0.2) is 45.9 Å². The van der Waals surface area contributed by atoms with Gasteiger partial charge in [-0.05, 0) is 20.8 Å². The fourth-order valence-electron chi connectivity index (χ4n) is 0.864. The lowest BCUT2D eigenvalue weighted by Gasteiger charge is -2.18. The van der Waals surface area contributed by atoms with E-state index in [1.807, 2.05) is 20.8 Å². The zero-order chi connectivity index (χ0) is 10.8. The van der Waals surface area contributed by atoms with Gasteiger partial charge in [-0.3, -0.25) is 0 Å². The molecule has 0 aliphatic rings. The first-order chi connectivity index (χ1) is 6.70. The Balaban J connectivity index is 3.54. The van der Waals surface area contributed by atoms with Crippen LogP contribution in [0.5, 0.6) is 0 Å². The lowest BCUT2D eigenvalue weighted by molar-refractivity contribution is -0.180. The molecule has 0 aromatic rings. The lowest BCUT2D eigenvalue weighted by atomic mass is 10.5. The predicted molar refractivity (Wildman–Crippen MR) is 54.3 cm³/mol. The Morgan fingerprint density at radius 1 is 1.00 bits per heavy atom. The first-order valence-electron chi connectivity index (χ1n) is 5.04. The van der Waals surface area contributed by atoms with Gasteiger partial charge in [-0.15, -0.1) is 0 Å². The van der Waals surface area contributed by atoms with Gasteiger partial charge in [0.1, 0.15) is 0 Å². The number of ether oxygens (including phenoxy) is 4. The molecule has 0 spiro atoms. The Labute approximate surface area is 86.5 Å². The van der Waals surface area contributed by atoms with Crippen LogP contribution in [0.15, 0.2) is 0 Å². The van der Waals surface area contributed by atoms with Gasteiger partial charge in [-0.25, -0.2) is 0 Å². The average Bonchev–Trinajstić information content (AvgIpc) is 2.14. The van der Waals surface area contributed by atoms with Gasteiger partial charge in [0.25, 0.3) is 0 Å².